The summed E-state index contributed by atoms with van der Waals surface area (Å²) in [6, 6.07) is 7.07. The molecular formula is C16H14ClN3O4. The van der Waals surface area contributed by atoms with Gasteiger partial charge in [-0.1, -0.05) is 11.6 Å². The Labute approximate surface area is 142 Å². The SMILES string of the molecule is O=C(c1ccc([N+](=O)[O-])cc1Cl)N1CCCCc2c1ccc[n+]2[O-]. The Hall–Kier alpha value is -2.67. The van der Waals surface area contributed by atoms with Gasteiger partial charge in [0.1, 0.15) is 5.69 Å². The fourth-order valence-electron chi connectivity index (χ4n) is 2.83. The monoisotopic (exact) mass is 347 g/mol. The molecule has 0 spiro atoms. The highest BCUT2D eigenvalue weighted by atomic mass is 35.5. The first-order valence-corrected chi connectivity index (χ1v) is 7.83. The zero-order valence-electron chi connectivity index (χ0n) is 12.6. The summed E-state index contributed by atoms with van der Waals surface area (Å²) < 4.78 is 0.776. The second-order valence-electron chi connectivity index (χ2n) is 5.50. The highest BCUT2D eigenvalue weighted by Crippen LogP contribution is 2.29. The lowest BCUT2D eigenvalue weighted by molar-refractivity contribution is -0.613. The van der Waals surface area contributed by atoms with Crippen molar-refractivity contribution in [1.82, 2.24) is 0 Å². The maximum atomic E-state index is 12.9. The van der Waals surface area contributed by atoms with Crippen molar-refractivity contribution in [2.24, 2.45) is 0 Å². The van der Waals surface area contributed by atoms with Crippen molar-refractivity contribution in [2.45, 2.75) is 19.3 Å². The summed E-state index contributed by atoms with van der Waals surface area (Å²) in [4.78, 5) is 24.6. The summed E-state index contributed by atoms with van der Waals surface area (Å²) in [6.07, 6.45) is 3.56. The number of hydrogen-bond acceptors (Lipinski definition) is 4. The van der Waals surface area contributed by atoms with E-state index in [-0.39, 0.29) is 22.2 Å². The van der Waals surface area contributed by atoms with Gasteiger partial charge < -0.3 is 10.1 Å². The Morgan fingerprint density at radius 1 is 1.29 bits per heavy atom. The molecule has 0 saturated carbocycles. The minimum absolute atomic E-state index is 0.0194. The van der Waals surface area contributed by atoms with Crippen LogP contribution in [0.4, 0.5) is 11.4 Å². The van der Waals surface area contributed by atoms with Crippen LogP contribution >= 0.6 is 11.6 Å². The average molecular weight is 348 g/mol. The lowest BCUT2D eigenvalue weighted by atomic mass is 10.1. The fourth-order valence-corrected chi connectivity index (χ4v) is 3.08. The third kappa shape index (κ3) is 2.90. The van der Waals surface area contributed by atoms with E-state index < -0.39 is 4.92 Å². The van der Waals surface area contributed by atoms with Gasteiger partial charge in [0, 0.05) is 31.2 Å². The number of amides is 1. The lowest BCUT2D eigenvalue weighted by Crippen LogP contribution is -2.37. The van der Waals surface area contributed by atoms with Gasteiger partial charge in [-0.2, -0.15) is 4.73 Å². The van der Waals surface area contributed by atoms with Crippen molar-refractivity contribution in [2.75, 3.05) is 11.4 Å². The third-order valence-electron chi connectivity index (χ3n) is 4.01. The quantitative estimate of drug-likeness (QED) is 0.361. The number of rotatable bonds is 2. The molecule has 0 N–H and O–H groups in total. The molecule has 1 aliphatic heterocycles. The van der Waals surface area contributed by atoms with E-state index in [0.29, 0.717) is 24.3 Å². The van der Waals surface area contributed by atoms with Gasteiger partial charge in [-0.25, -0.2) is 0 Å². The standard InChI is InChI=1S/C16H14ClN3O4/c17-13-10-11(20(23)24)6-7-12(13)16(21)18-8-2-1-4-15-14(18)5-3-9-19(15)22/h3,5-7,9-10H,1-2,4,8H2. The molecule has 7 nitrogen and oxygen atoms in total. The number of carbonyl (C=O) groups is 1. The van der Waals surface area contributed by atoms with Crippen molar-refractivity contribution >= 4 is 28.9 Å². The molecule has 1 aliphatic rings. The third-order valence-corrected chi connectivity index (χ3v) is 4.33. The first kappa shape index (κ1) is 16.2. The van der Waals surface area contributed by atoms with Gasteiger partial charge in [0.05, 0.1) is 15.5 Å². The Kier molecular flexibility index (Phi) is 4.35. The van der Waals surface area contributed by atoms with Crippen LogP contribution in [-0.2, 0) is 6.42 Å². The minimum Gasteiger partial charge on any atom is -0.618 e. The summed E-state index contributed by atoms with van der Waals surface area (Å²) >= 11 is 6.07. The molecule has 0 atom stereocenters. The minimum atomic E-state index is -0.568. The number of hydrogen-bond donors (Lipinski definition) is 0. The van der Waals surface area contributed by atoms with Crippen LogP contribution in [0.3, 0.4) is 0 Å². The van der Waals surface area contributed by atoms with E-state index in [1.807, 2.05) is 0 Å². The van der Waals surface area contributed by atoms with Crippen molar-refractivity contribution in [3.8, 4) is 0 Å². The van der Waals surface area contributed by atoms with Crippen LogP contribution in [0.2, 0.25) is 5.02 Å². The highest BCUT2D eigenvalue weighted by Gasteiger charge is 2.28. The number of nitro groups is 1. The number of carbonyl (C=O) groups excluding carboxylic acids is 1. The van der Waals surface area contributed by atoms with Crippen molar-refractivity contribution in [3.05, 3.63) is 68.1 Å². The molecule has 0 bridgehead atoms. The lowest BCUT2D eigenvalue weighted by Gasteiger charge is -2.22. The molecule has 0 radical (unpaired) electrons. The molecule has 8 heteroatoms. The zero-order chi connectivity index (χ0) is 17.3. The molecule has 0 fully saturated rings. The highest BCUT2D eigenvalue weighted by molar-refractivity contribution is 6.34. The number of fused-ring (bicyclic) bond motifs is 1. The molecule has 1 amide bonds. The van der Waals surface area contributed by atoms with Crippen LogP contribution in [0.1, 0.15) is 28.9 Å². The number of aromatic nitrogens is 1. The summed E-state index contributed by atoms with van der Waals surface area (Å²) in [7, 11) is 0. The van der Waals surface area contributed by atoms with Crippen LogP contribution in [0.5, 0.6) is 0 Å². The molecule has 2 heterocycles. The molecular weight excluding hydrogens is 334 g/mol. The summed E-state index contributed by atoms with van der Waals surface area (Å²) in [5.41, 5.74) is 1.10. The van der Waals surface area contributed by atoms with E-state index in [1.54, 1.807) is 12.1 Å². The van der Waals surface area contributed by atoms with Crippen LogP contribution < -0.4 is 9.63 Å². The number of halogens is 1. The van der Waals surface area contributed by atoms with Gasteiger partial charge in [0.15, 0.2) is 6.20 Å². The number of benzene rings is 1. The predicted molar refractivity (Wildman–Crippen MR) is 88.1 cm³/mol. The summed E-state index contributed by atoms with van der Waals surface area (Å²) in [5, 5.41) is 22.8. The van der Waals surface area contributed by atoms with E-state index in [4.69, 9.17) is 11.6 Å². The normalized spacial score (nSPS) is 14.0. The molecule has 0 aliphatic carbocycles. The molecule has 124 valence electrons. The molecule has 3 rings (SSSR count). The van der Waals surface area contributed by atoms with Crippen LogP contribution in [0.15, 0.2) is 36.5 Å². The molecule has 24 heavy (non-hydrogen) atoms. The number of nitro benzene ring substituents is 1. The number of nitrogens with zero attached hydrogens (tertiary/aromatic N) is 3. The van der Waals surface area contributed by atoms with Gasteiger partial charge in [-0.05, 0) is 25.0 Å². The second kappa shape index (κ2) is 6.45. The summed E-state index contributed by atoms with van der Waals surface area (Å²) in [6.45, 7) is 0.461. The van der Waals surface area contributed by atoms with Crippen LogP contribution in [0.25, 0.3) is 0 Å². The van der Waals surface area contributed by atoms with Crippen LogP contribution in [0, 0.1) is 15.3 Å². The first-order valence-electron chi connectivity index (χ1n) is 7.46. The Balaban J connectivity index is 2.02. The van der Waals surface area contributed by atoms with Crippen molar-refractivity contribution in [3.63, 3.8) is 0 Å². The molecule has 1 aromatic heterocycles. The van der Waals surface area contributed by atoms with E-state index in [2.05, 4.69) is 0 Å². The zero-order valence-corrected chi connectivity index (χ0v) is 13.4. The molecule has 0 unspecified atom stereocenters. The maximum Gasteiger partial charge on any atom is 0.270 e. The number of pyridine rings is 1. The topological polar surface area (TPSA) is 90.4 Å². The average Bonchev–Trinajstić information content (AvgIpc) is 2.77. The Bertz CT molecular complexity index is 825. The Morgan fingerprint density at radius 2 is 2.08 bits per heavy atom. The van der Waals surface area contributed by atoms with Gasteiger partial charge in [-0.3, -0.25) is 14.9 Å². The summed E-state index contributed by atoms with van der Waals surface area (Å²) in [5.74, 6) is -0.371. The largest absolute Gasteiger partial charge is 0.618 e. The van der Waals surface area contributed by atoms with Crippen LogP contribution in [-0.4, -0.2) is 17.4 Å². The maximum absolute atomic E-state index is 12.9. The fraction of sp³-hybridized carbons (Fsp3) is 0.250. The van der Waals surface area contributed by atoms with E-state index in [1.165, 1.54) is 23.2 Å². The van der Waals surface area contributed by atoms with E-state index >= 15 is 0 Å². The van der Waals surface area contributed by atoms with Gasteiger partial charge in [0.2, 0.25) is 5.69 Å². The smallest absolute Gasteiger partial charge is 0.270 e. The second-order valence-corrected chi connectivity index (χ2v) is 5.91. The van der Waals surface area contributed by atoms with Crippen molar-refractivity contribution < 1.29 is 14.4 Å². The number of non-ortho nitro benzene ring substituents is 1. The van der Waals surface area contributed by atoms with E-state index in [0.717, 1.165) is 23.6 Å². The number of anilines is 1. The molecule has 1 aromatic carbocycles. The Morgan fingerprint density at radius 3 is 2.79 bits per heavy atom. The molecule has 2 aromatic rings. The van der Waals surface area contributed by atoms with Gasteiger partial charge in [0.25, 0.3) is 11.6 Å². The van der Waals surface area contributed by atoms with Gasteiger partial charge >= 0.3 is 0 Å². The van der Waals surface area contributed by atoms with E-state index in [9.17, 15) is 20.1 Å². The molecule has 0 saturated heterocycles. The first-order chi connectivity index (χ1) is 11.5. The predicted octanol–water partition coefficient (Wildman–Crippen LogP) is 2.86. The van der Waals surface area contributed by atoms with Gasteiger partial charge in [-0.15, -0.1) is 0 Å². The van der Waals surface area contributed by atoms with Crippen molar-refractivity contribution in [1.29, 1.82) is 0 Å².